The molecule has 144 valence electrons. The molecule has 0 spiro atoms. The van der Waals surface area contributed by atoms with E-state index < -0.39 is 10.0 Å². The molecule has 1 aromatic rings. The largest absolute Gasteiger partial charge is 0.378 e. The molecule has 0 unspecified atom stereocenters. The Balaban J connectivity index is 1.62. The lowest BCUT2D eigenvalue weighted by molar-refractivity contribution is 0.00844. The van der Waals surface area contributed by atoms with E-state index in [-0.39, 0.29) is 12.0 Å². The van der Waals surface area contributed by atoms with E-state index in [4.69, 9.17) is 10.5 Å². The number of benzene rings is 1. The topological polar surface area (TPSA) is 92.9 Å². The van der Waals surface area contributed by atoms with E-state index in [9.17, 15) is 13.2 Å². The summed E-state index contributed by atoms with van der Waals surface area (Å²) in [5, 5.41) is 0. The van der Waals surface area contributed by atoms with E-state index >= 15 is 0 Å². The Hall–Kier alpha value is -1.64. The molecule has 1 amide bonds. The smallest absolute Gasteiger partial charge is 0.253 e. The van der Waals surface area contributed by atoms with Gasteiger partial charge in [0.2, 0.25) is 10.0 Å². The molecule has 3 rings (SSSR count). The van der Waals surface area contributed by atoms with E-state index in [2.05, 4.69) is 0 Å². The molecule has 26 heavy (non-hydrogen) atoms. The van der Waals surface area contributed by atoms with Crippen molar-refractivity contribution in [3.05, 3.63) is 29.3 Å². The number of likely N-dealkylation sites (tertiary alicyclic amines) is 1. The molecular weight excluding hydrogens is 354 g/mol. The molecule has 2 aliphatic heterocycles. The lowest BCUT2D eigenvalue weighted by Gasteiger charge is -2.32. The zero-order valence-corrected chi connectivity index (χ0v) is 16.0. The third kappa shape index (κ3) is 4.19. The first-order chi connectivity index (χ1) is 12.4. The van der Waals surface area contributed by atoms with Gasteiger partial charge in [-0.1, -0.05) is 0 Å². The first kappa shape index (κ1) is 19.1. The lowest BCUT2D eigenvalue weighted by atomic mass is 10.0. The van der Waals surface area contributed by atoms with Crippen LogP contribution in [0.5, 0.6) is 0 Å². The van der Waals surface area contributed by atoms with Gasteiger partial charge in [-0.3, -0.25) is 9.10 Å². The van der Waals surface area contributed by atoms with E-state index in [1.165, 1.54) is 10.6 Å². The zero-order valence-electron chi connectivity index (χ0n) is 15.2. The SMILES string of the molecule is CS(=O)(=O)N1CCc2cc(C(=O)N3CCC(OCCCN)CC3)ccc21. The summed E-state index contributed by atoms with van der Waals surface area (Å²) in [5.74, 6) is 0.00557. The van der Waals surface area contributed by atoms with Crippen molar-refractivity contribution >= 4 is 21.6 Å². The van der Waals surface area contributed by atoms with Gasteiger partial charge in [0.05, 0.1) is 18.0 Å². The number of hydrogen-bond donors (Lipinski definition) is 1. The highest BCUT2D eigenvalue weighted by molar-refractivity contribution is 7.92. The summed E-state index contributed by atoms with van der Waals surface area (Å²) in [4.78, 5) is 14.6. The first-order valence-corrected chi connectivity index (χ1v) is 11.0. The maximum atomic E-state index is 12.8. The molecule has 1 aromatic carbocycles. The molecule has 2 aliphatic rings. The van der Waals surface area contributed by atoms with Crippen LogP contribution in [0, 0.1) is 0 Å². The van der Waals surface area contributed by atoms with Gasteiger partial charge in [0.25, 0.3) is 5.91 Å². The molecule has 0 atom stereocenters. The summed E-state index contributed by atoms with van der Waals surface area (Å²) >= 11 is 0. The van der Waals surface area contributed by atoms with E-state index in [0.29, 0.717) is 50.5 Å². The summed E-state index contributed by atoms with van der Waals surface area (Å²) in [7, 11) is -3.27. The third-order valence-electron chi connectivity index (χ3n) is 5.01. The highest BCUT2D eigenvalue weighted by Crippen LogP contribution is 2.31. The fourth-order valence-corrected chi connectivity index (χ4v) is 4.55. The van der Waals surface area contributed by atoms with Gasteiger partial charge in [0.15, 0.2) is 0 Å². The maximum Gasteiger partial charge on any atom is 0.253 e. The minimum absolute atomic E-state index is 0.00557. The van der Waals surface area contributed by atoms with Gasteiger partial charge in [-0.2, -0.15) is 0 Å². The van der Waals surface area contributed by atoms with Crippen LogP contribution in [0.4, 0.5) is 5.69 Å². The summed E-state index contributed by atoms with van der Waals surface area (Å²) < 4.78 is 30.8. The Bertz CT molecular complexity index is 758. The van der Waals surface area contributed by atoms with Crippen molar-refractivity contribution in [3.8, 4) is 0 Å². The number of hydrogen-bond acceptors (Lipinski definition) is 5. The normalized spacial score (nSPS) is 18.2. The number of carbonyl (C=O) groups is 1. The average Bonchev–Trinajstić information content (AvgIpc) is 3.05. The molecule has 0 aromatic heterocycles. The van der Waals surface area contributed by atoms with Gasteiger partial charge in [-0.25, -0.2) is 8.42 Å². The molecule has 1 saturated heterocycles. The Morgan fingerprint density at radius 2 is 2.00 bits per heavy atom. The molecule has 0 bridgehead atoms. The van der Waals surface area contributed by atoms with Gasteiger partial charge in [0, 0.05) is 31.8 Å². The van der Waals surface area contributed by atoms with Crippen molar-refractivity contribution in [2.75, 3.05) is 43.3 Å². The van der Waals surface area contributed by atoms with Crippen LogP contribution in [0.15, 0.2) is 18.2 Å². The van der Waals surface area contributed by atoms with Crippen molar-refractivity contribution in [3.63, 3.8) is 0 Å². The molecule has 2 N–H and O–H groups in total. The summed E-state index contributed by atoms with van der Waals surface area (Å²) in [6, 6.07) is 5.32. The number of fused-ring (bicyclic) bond motifs is 1. The van der Waals surface area contributed by atoms with Crippen LogP contribution in [0.1, 0.15) is 35.2 Å². The number of anilines is 1. The van der Waals surface area contributed by atoms with Gasteiger partial charge >= 0.3 is 0 Å². The Morgan fingerprint density at radius 3 is 2.65 bits per heavy atom. The maximum absolute atomic E-state index is 12.8. The van der Waals surface area contributed by atoms with Crippen LogP contribution in [0.2, 0.25) is 0 Å². The first-order valence-electron chi connectivity index (χ1n) is 9.11. The lowest BCUT2D eigenvalue weighted by Crippen LogP contribution is -2.41. The Morgan fingerprint density at radius 1 is 1.27 bits per heavy atom. The van der Waals surface area contributed by atoms with Gasteiger partial charge < -0.3 is 15.4 Å². The fourth-order valence-electron chi connectivity index (χ4n) is 3.59. The number of amides is 1. The summed E-state index contributed by atoms with van der Waals surface area (Å²) in [6.07, 6.45) is 4.58. The van der Waals surface area contributed by atoms with E-state index in [1.54, 1.807) is 12.1 Å². The van der Waals surface area contributed by atoms with Crippen LogP contribution in [-0.4, -0.2) is 64.4 Å². The van der Waals surface area contributed by atoms with Crippen molar-refractivity contribution in [1.29, 1.82) is 0 Å². The number of nitrogens with zero attached hydrogens (tertiary/aromatic N) is 2. The van der Waals surface area contributed by atoms with Crippen molar-refractivity contribution in [2.45, 2.75) is 31.8 Å². The predicted molar refractivity (Wildman–Crippen MR) is 101 cm³/mol. The molecule has 0 radical (unpaired) electrons. The second kappa shape index (κ2) is 7.94. The predicted octanol–water partition coefficient (Wildman–Crippen LogP) is 0.979. The Labute approximate surface area is 155 Å². The number of piperidine rings is 1. The fraction of sp³-hybridized carbons (Fsp3) is 0.611. The summed E-state index contributed by atoms with van der Waals surface area (Å²) in [5.41, 5.74) is 7.71. The molecule has 0 saturated carbocycles. The highest BCUT2D eigenvalue weighted by Gasteiger charge is 2.28. The van der Waals surface area contributed by atoms with Crippen molar-refractivity contribution in [2.24, 2.45) is 5.73 Å². The number of rotatable bonds is 6. The van der Waals surface area contributed by atoms with Crippen LogP contribution in [0.25, 0.3) is 0 Å². The Kier molecular flexibility index (Phi) is 5.84. The van der Waals surface area contributed by atoms with Gasteiger partial charge in [0.1, 0.15) is 0 Å². The summed E-state index contributed by atoms with van der Waals surface area (Å²) in [6.45, 7) is 3.11. The number of carbonyl (C=O) groups excluding carboxylic acids is 1. The molecule has 7 nitrogen and oxygen atoms in total. The quantitative estimate of drug-likeness (QED) is 0.742. The molecule has 0 aliphatic carbocycles. The van der Waals surface area contributed by atoms with Crippen LogP contribution in [0.3, 0.4) is 0 Å². The monoisotopic (exact) mass is 381 g/mol. The average molecular weight is 381 g/mol. The van der Waals surface area contributed by atoms with E-state index in [1.807, 2.05) is 11.0 Å². The van der Waals surface area contributed by atoms with Crippen molar-refractivity contribution in [1.82, 2.24) is 4.90 Å². The van der Waals surface area contributed by atoms with Crippen LogP contribution in [-0.2, 0) is 21.2 Å². The second-order valence-corrected chi connectivity index (χ2v) is 8.84. The zero-order chi connectivity index (χ0) is 18.7. The van der Waals surface area contributed by atoms with Crippen molar-refractivity contribution < 1.29 is 17.9 Å². The third-order valence-corrected chi connectivity index (χ3v) is 6.19. The number of nitrogens with two attached hydrogens (primary N) is 1. The standard InChI is InChI=1S/C18H27N3O4S/c1-26(23,24)21-11-5-14-13-15(3-4-17(14)21)18(22)20-9-6-16(7-10-20)25-12-2-8-19/h3-4,13,16H,2,5-12,19H2,1H3. The molecule has 1 fully saturated rings. The van der Waals surface area contributed by atoms with Gasteiger partial charge in [-0.05, 0) is 56.0 Å². The molecular formula is C18H27N3O4S. The molecule has 8 heteroatoms. The second-order valence-electron chi connectivity index (χ2n) is 6.93. The molecule has 2 heterocycles. The van der Waals surface area contributed by atoms with Crippen LogP contribution < -0.4 is 10.0 Å². The van der Waals surface area contributed by atoms with Gasteiger partial charge in [-0.15, -0.1) is 0 Å². The highest BCUT2D eigenvalue weighted by atomic mass is 32.2. The minimum atomic E-state index is -3.27. The van der Waals surface area contributed by atoms with Crippen LogP contribution >= 0.6 is 0 Å². The minimum Gasteiger partial charge on any atom is -0.378 e. The van der Waals surface area contributed by atoms with E-state index in [0.717, 1.165) is 24.8 Å². The number of sulfonamides is 1. The number of ether oxygens (including phenoxy) is 1.